The molecule has 16 heavy (non-hydrogen) atoms. The van der Waals surface area contributed by atoms with Crippen molar-refractivity contribution < 1.29 is 22.0 Å². The third-order valence-corrected chi connectivity index (χ3v) is 2.18. The summed E-state index contributed by atoms with van der Waals surface area (Å²) in [6.45, 7) is 0. The van der Waals surface area contributed by atoms with Crippen molar-refractivity contribution in [3.8, 4) is 0 Å². The molecule has 0 atom stereocenters. The first-order valence-electron chi connectivity index (χ1n) is 3.97. The van der Waals surface area contributed by atoms with Gasteiger partial charge < -0.3 is 5.73 Å². The molecule has 90 valence electrons. The van der Waals surface area contributed by atoms with Gasteiger partial charge in [0.15, 0.2) is 0 Å². The summed E-state index contributed by atoms with van der Waals surface area (Å²) < 4.78 is 62.3. The largest absolute Gasteiger partial charge is 0.418 e. The van der Waals surface area contributed by atoms with Crippen molar-refractivity contribution >= 4 is 17.4 Å². The normalized spacial score (nSPS) is 12.2. The van der Waals surface area contributed by atoms with Crippen LogP contribution in [0.3, 0.4) is 0 Å². The van der Waals surface area contributed by atoms with Gasteiger partial charge in [-0.3, -0.25) is 0 Å². The van der Waals surface area contributed by atoms with E-state index in [2.05, 4.69) is 4.98 Å². The number of rotatable bonds is 2. The van der Waals surface area contributed by atoms with Gasteiger partial charge in [0.25, 0.3) is 6.43 Å². The Hall–Kier alpha value is -1.11. The molecule has 0 saturated carbocycles. The van der Waals surface area contributed by atoms with Gasteiger partial charge >= 0.3 is 6.18 Å². The lowest BCUT2D eigenvalue weighted by molar-refractivity contribution is -0.138. The molecule has 0 aromatic carbocycles. The Morgan fingerprint density at radius 2 is 1.94 bits per heavy atom. The number of pyridine rings is 1. The summed E-state index contributed by atoms with van der Waals surface area (Å²) in [6, 6.07) is 0. The highest BCUT2D eigenvalue weighted by molar-refractivity contribution is 6.17. The number of halogens is 6. The predicted molar refractivity (Wildman–Crippen MR) is 48.2 cm³/mol. The van der Waals surface area contributed by atoms with E-state index in [1.54, 1.807) is 0 Å². The van der Waals surface area contributed by atoms with Gasteiger partial charge in [-0.05, 0) is 5.56 Å². The van der Waals surface area contributed by atoms with E-state index in [-0.39, 0.29) is 0 Å². The molecule has 0 saturated heterocycles. The van der Waals surface area contributed by atoms with Crippen molar-refractivity contribution in [1.82, 2.24) is 4.98 Å². The highest BCUT2D eigenvalue weighted by atomic mass is 35.5. The molecule has 0 fully saturated rings. The van der Waals surface area contributed by atoms with Gasteiger partial charge in [0.2, 0.25) is 0 Å². The molecule has 2 nitrogen and oxygen atoms in total. The van der Waals surface area contributed by atoms with E-state index in [0.717, 1.165) is 0 Å². The summed E-state index contributed by atoms with van der Waals surface area (Å²) in [4.78, 5) is 3.09. The molecule has 0 aliphatic carbocycles. The van der Waals surface area contributed by atoms with Crippen molar-refractivity contribution in [2.24, 2.45) is 0 Å². The molecule has 0 aliphatic rings. The zero-order chi connectivity index (χ0) is 12.5. The van der Waals surface area contributed by atoms with Gasteiger partial charge in [-0.2, -0.15) is 13.2 Å². The number of nitrogen functional groups attached to an aromatic ring is 1. The SMILES string of the molecule is Nc1ncc(C(F)(F)F)c(CCl)c1C(F)F. The fraction of sp³-hybridized carbons (Fsp3) is 0.375. The lowest BCUT2D eigenvalue weighted by atomic mass is 10.0. The van der Waals surface area contributed by atoms with Crippen LogP contribution < -0.4 is 5.73 Å². The van der Waals surface area contributed by atoms with Crippen molar-refractivity contribution in [1.29, 1.82) is 0 Å². The van der Waals surface area contributed by atoms with Crippen LogP contribution in [-0.2, 0) is 12.1 Å². The fourth-order valence-electron chi connectivity index (χ4n) is 1.21. The zero-order valence-electron chi connectivity index (χ0n) is 7.65. The van der Waals surface area contributed by atoms with Crippen LogP contribution in [0.1, 0.15) is 23.1 Å². The molecule has 0 amide bonds. The number of hydrogen-bond donors (Lipinski definition) is 1. The highest BCUT2D eigenvalue weighted by Crippen LogP contribution is 2.38. The monoisotopic (exact) mass is 260 g/mol. The van der Waals surface area contributed by atoms with Crippen LogP contribution in [0.15, 0.2) is 6.20 Å². The number of aromatic nitrogens is 1. The van der Waals surface area contributed by atoms with E-state index >= 15 is 0 Å². The summed E-state index contributed by atoms with van der Waals surface area (Å²) in [6.07, 6.45) is -7.53. The zero-order valence-corrected chi connectivity index (χ0v) is 8.41. The Bertz CT molecular complexity index is 391. The summed E-state index contributed by atoms with van der Waals surface area (Å²) in [5.41, 5.74) is 2.13. The molecule has 0 spiro atoms. The van der Waals surface area contributed by atoms with Gasteiger partial charge in [0, 0.05) is 12.1 Å². The average Bonchev–Trinajstić information content (AvgIpc) is 2.14. The van der Waals surface area contributed by atoms with Crippen molar-refractivity contribution in [2.75, 3.05) is 5.73 Å². The molecule has 1 aromatic rings. The maximum atomic E-state index is 12.5. The first kappa shape index (κ1) is 13.0. The van der Waals surface area contributed by atoms with E-state index in [1.165, 1.54) is 0 Å². The lowest BCUT2D eigenvalue weighted by Gasteiger charge is -2.15. The molecule has 1 aromatic heterocycles. The number of nitrogens with zero attached hydrogens (tertiary/aromatic N) is 1. The quantitative estimate of drug-likeness (QED) is 0.654. The average molecular weight is 261 g/mol. The second kappa shape index (κ2) is 4.40. The smallest absolute Gasteiger partial charge is 0.383 e. The van der Waals surface area contributed by atoms with E-state index in [1.807, 2.05) is 0 Å². The van der Waals surface area contributed by atoms with Crippen molar-refractivity contribution in [3.63, 3.8) is 0 Å². The van der Waals surface area contributed by atoms with E-state index in [4.69, 9.17) is 17.3 Å². The molecule has 0 radical (unpaired) electrons. The van der Waals surface area contributed by atoms with Crippen LogP contribution in [-0.4, -0.2) is 4.98 Å². The van der Waals surface area contributed by atoms with Crippen LogP contribution in [0, 0.1) is 0 Å². The van der Waals surface area contributed by atoms with Crippen molar-refractivity contribution in [2.45, 2.75) is 18.5 Å². The molecule has 1 heterocycles. The summed E-state index contributed by atoms with van der Waals surface area (Å²) >= 11 is 5.24. The Morgan fingerprint density at radius 1 is 1.38 bits per heavy atom. The Kier molecular flexibility index (Phi) is 3.57. The predicted octanol–water partition coefficient (Wildman–Crippen LogP) is 3.36. The lowest BCUT2D eigenvalue weighted by Crippen LogP contribution is -2.14. The second-order valence-corrected chi connectivity index (χ2v) is 3.15. The van der Waals surface area contributed by atoms with Gasteiger partial charge in [-0.1, -0.05) is 0 Å². The topological polar surface area (TPSA) is 38.9 Å². The first-order chi connectivity index (χ1) is 7.29. The third kappa shape index (κ3) is 2.34. The molecular weight excluding hydrogens is 255 g/mol. The summed E-state index contributed by atoms with van der Waals surface area (Å²) in [5, 5.41) is 0. The molecular formula is C8H6ClF5N2. The Morgan fingerprint density at radius 3 is 2.31 bits per heavy atom. The minimum Gasteiger partial charge on any atom is -0.383 e. The van der Waals surface area contributed by atoms with E-state index in [0.29, 0.717) is 6.20 Å². The highest BCUT2D eigenvalue weighted by Gasteiger charge is 2.36. The molecule has 8 heteroatoms. The van der Waals surface area contributed by atoms with Crippen LogP contribution in [0.4, 0.5) is 27.8 Å². The number of alkyl halides is 6. The van der Waals surface area contributed by atoms with Crippen LogP contribution in [0.2, 0.25) is 0 Å². The molecule has 0 unspecified atom stereocenters. The van der Waals surface area contributed by atoms with E-state index < -0.39 is 41.0 Å². The van der Waals surface area contributed by atoms with E-state index in [9.17, 15) is 22.0 Å². The first-order valence-corrected chi connectivity index (χ1v) is 4.51. The van der Waals surface area contributed by atoms with Gasteiger partial charge in [-0.15, -0.1) is 11.6 Å². The number of hydrogen-bond acceptors (Lipinski definition) is 2. The van der Waals surface area contributed by atoms with Gasteiger partial charge in [0.05, 0.1) is 11.1 Å². The maximum absolute atomic E-state index is 12.5. The number of nitrogens with two attached hydrogens (primary N) is 1. The number of anilines is 1. The minimum atomic E-state index is -4.78. The molecule has 0 aliphatic heterocycles. The Labute approximate surface area is 92.2 Å². The molecule has 2 N–H and O–H groups in total. The standard InChI is InChI=1S/C8H6ClF5N2/c9-1-3-4(8(12,13)14)2-16-7(15)5(3)6(10)11/h2,6H,1H2,(H2,15,16). The van der Waals surface area contributed by atoms with Crippen molar-refractivity contribution in [3.05, 3.63) is 22.9 Å². The minimum absolute atomic E-state index is 0.402. The maximum Gasteiger partial charge on any atom is 0.418 e. The summed E-state index contributed by atoms with van der Waals surface area (Å²) in [7, 11) is 0. The van der Waals surface area contributed by atoms with Crippen LogP contribution in [0.25, 0.3) is 0 Å². The fourth-order valence-corrected chi connectivity index (χ4v) is 1.50. The summed E-state index contributed by atoms with van der Waals surface area (Å²) in [5.74, 6) is -1.35. The van der Waals surface area contributed by atoms with Crippen LogP contribution >= 0.6 is 11.6 Å². The third-order valence-electron chi connectivity index (χ3n) is 1.92. The second-order valence-electron chi connectivity index (χ2n) is 2.88. The van der Waals surface area contributed by atoms with Gasteiger partial charge in [-0.25, -0.2) is 13.8 Å². The molecule has 0 bridgehead atoms. The van der Waals surface area contributed by atoms with Gasteiger partial charge in [0.1, 0.15) is 5.82 Å². The Balaban J connectivity index is 3.49. The molecule has 1 rings (SSSR count). The van der Waals surface area contributed by atoms with Crippen LogP contribution in [0.5, 0.6) is 0 Å².